The van der Waals surface area contributed by atoms with Crippen molar-refractivity contribution in [3.8, 4) is 5.75 Å². The molecular formula is C12H22N2O. The summed E-state index contributed by atoms with van der Waals surface area (Å²) in [5, 5.41) is 14.5. The highest BCUT2D eigenvalue weighted by molar-refractivity contribution is 5.36. The molecule has 0 fully saturated rings. The van der Waals surface area contributed by atoms with Crippen LogP contribution in [-0.4, -0.2) is 14.9 Å². The average molecular weight is 210 g/mol. The van der Waals surface area contributed by atoms with Crippen molar-refractivity contribution in [2.45, 2.75) is 52.4 Å². The lowest BCUT2D eigenvalue weighted by Gasteiger charge is -2.09. The molecule has 0 aliphatic carbocycles. The van der Waals surface area contributed by atoms with Crippen LogP contribution >= 0.6 is 0 Å². The first-order valence-electron chi connectivity index (χ1n) is 5.78. The second kappa shape index (κ2) is 4.69. The molecule has 0 bridgehead atoms. The van der Waals surface area contributed by atoms with Crippen molar-refractivity contribution in [3.05, 3.63) is 11.4 Å². The minimum Gasteiger partial charge on any atom is -0.504 e. The van der Waals surface area contributed by atoms with Crippen LogP contribution in [0.15, 0.2) is 0 Å². The monoisotopic (exact) mass is 210 g/mol. The zero-order valence-electron chi connectivity index (χ0n) is 10.4. The first kappa shape index (κ1) is 12.1. The van der Waals surface area contributed by atoms with Crippen LogP contribution in [0.25, 0.3) is 0 Å². The fourth-order valence-corrected chi connectivity index (χ4v) is 1.82. The normalized spacial score (nSPS) is 15.3. The highest BCUT2D eigenvalue weighted by Gasteiger charge is 2.21. The summed E-state index contributed by atoms with van der Waals surface area (Å²) in [5.74, 6) is 1.09. The Morgan fingerprint density at radius 3 is 2.20 bits per heavy atom. The molecule has 0 amide bonds. The first-order valence-corrected chi connectivity index (χ1v) is 5.78. The number of aromatic hydroxyl groups is 1. The molecule has 1 N–H and O–H groups in total. The molecule has 1 aromatic rings. The maximum absolute atomic E-state index is 10.1. The van der Waals surface area contributed by atoms with Gasteiger partial charge in [-0.15, -0.1) is 0 Å². The molecule has 1 heterocycles. The van der Waals surface area contributed by atoms with Crippen LogP contribution in [0.3, 0.4) is 0 Å². The lowest BCUT2D eigenvalue weighted by molar-refractivity contribution is 0.447. The van der Waals surface area contributed by atoms with Crippen LogP contribution in [-0.2, 0) is 7.05 Å². The van der Waals surface area contributed by atoms with Gasteiger partial charge in [0.25, 0.3) is 0 Å². The molecule has 3 heteroatoms. The van der Waals surface area contributed by atoms with E-state index >= 15 is 0 Å². The van der Waals surface area contributed by atoms with E-state index in [1.54, 1.807) is 0 Å². The SMILES string of the molecule is CCC(C)c1nn(C)c(C(C)CC)c1O. The Hall–Kier alpha value is -0.990. The van der Waals surface area contributed by atoms with Crippen molar-refractivity contribution in [2.75, 3.05) is 0 Å². The molecule has 86 valence electrons. The zero-order valence-corrected chi connectivity index (χ0v) is 10.4. The molecule has 2 unspecified atom stereocenters. The summed E-state index contributed by atoms with van der Waals surface area (Å²) in [6.07, 6.45) is 2.03. The first-order chi connectivity index (χ1) is 7.02. The third kappa shape index (κ3) is 2.16. The van der Waals surface area contributed by atoms with Gasteiger partial charge in [-0.05, 0) is 12.8 Å². The number of rotatable bonds is 4. The summed E-state index contributed by atoms with van der Waals surface area (Å²) in [7, 11) is 1.91. The number of nitrogens with zero attached hydrogens (tertiary/aromatic N) is 2. The van der Waals surface area contributed by atoms with Gasteiger partial charge in [0.1, 0.15) is 5.69 Å². The fourth-order valence-electron chi connectivity index (χ4n) is 1.82. The van der Waals surface area contributed by atoms with Gasteiger partial charge in [-0.3, -0.25) is 4.68 Å². The Kier molecular flexibility index (Phi) is 3.77. The molecule has 1 aromatic heterocycles. The van der Waals surface area contributed by atoms with Gasteiger partial charge in [0.05, 0.1) is 5.69 Å². The number of aryl methyl sites for hydroxylation is 1. The van der Waals surface area contributed by atoms with Crippen molar-refractivity contribution in [1.29, 1.82) is 0 Å². The Balaban J connectivity index is 3.14. The van der Waals surface area contributed by atoms with Crippen LogP contribution in [0.4, 0.5) is 0 Å². The summed E-state index contributed by atoms with van der Waals surface area (Å²) in [6, 6.07) is 0. The number of hydrogen-bond acceptors (Lipinski definition) is 2. The summed E-state index contributed by atoms with van der Waals surface area (Å²) >= 11 is 0. The minimum absolute atomic E-state index is 0.328. The maximum Gasteiger partial charge on any atom is 0.160 e. The average Bonchev–Trinajstić information content (AvgIpc) is 2.52. The lowest BCUT2D eigenvalue weighted by Crippen LogP contribution is -2.02. The van der Waals surface area contributed by atoms with E-state index < -0.39 is 0 Å². The van der Waals surface area contributed by atoms with Gasteiger partial charge >= 0.3 is 0 Å². The second-order valence-electron chi connectivity index (χ2n) is 4.36. The van der Waals surface area contributed by atoms with E-state index in [2.05, 4.69) is 32.8 Å². The Morgan fingerprint density at radius 1 is 1.20 bits per heavy atom. The van der Waals surface area contributed by atoms with Crippen LogP contribution in [0.1, 0.15) is 63.8 Å². The van der Waals surface area contributed by atoms with Gasteiger partial charge < -0.3 is 5.11 Å². The Bertz CT molecular complexity index is 331. The third-order valence-corrected chi connectivity index (χ3v) is 3.25. The molecule has 0 spiro atoms. The molecule has 0 aliphatic rings. The van der Waals surface area contributed by atoms with Crippen LogP contribution in [0.5, 0.6) is 5.75 Å². The smallest absolute Gasteiger partial charge is 0.160 e. The lowest BCUT2D eigenvalue weighted by atomic mass is 9.99. The van der Waals surface area contributed by atoms with Gasteiger partial charge in [0.15, 0.2) is 5.75 Å². The third-order valence-electron chi connectivity index (χ3n) is 3.25. The predicted octanol–water partition coefficient (Wildman–Crippen LogP) is 3.15. The van der Waals surface area contributed by atoms with E-state index in [1.165, 1.54) is 0 Å². The van der Waals surface area contributed by atoms with Gasteiger partial charge in [-0.1, -0.05) is 27.7 Å². The van der Waals surface area contributed by atoms with Crippen LogP contribution < -0.4 is 0 Å². The van der Waals surface area contributed by atoms with E-state index in [1.807, 2.05) is 11.7 Å². The maximum atomic E-state index is 10.1. The molecule has 3 nitrogen and oxygen atoms in total. The molecule has 0 radical (unpaired) electrons. The number of hydrogen-bond donors (Lipinski definition) is 1. The summed E-state index contributed by atoms with van der Waals surface area (Å²) < 4.78 is 1.82. The zero-order chi connectivity index (χ0) is 11.6. The molecule has 2 atom stereocenters. The summed E-state index contributed by atoms with van der Waals surface area (Å²) in [4.78, 5) is 0. The molecule has 1 rings (SSSR count). The predicted molar refractivity (Wildman–Crippen MR) is 62.3 cm³/mol. The molecule has 0 saturated heterocycles. The van der Waals surface area contributed by atoms with E-state index in [9.17, 15) is 5.11 Å². The molecule has 15 heavy (non-hydrogen) atoms. The van der Waals surface area contributed by atoms with E-state index in [4.69, 9.17) is 0 Å². The second-order valence-corrected chi connectivity index (χ2v) is 4.36. The fraction of sp³-hybridized carbons (Fsp3) is 0.750. The van der Waals surface area contributed by atoms with Gasteiger partial charge in [0.2, 0.25) is 0 Å². The van der Waals surface area contributed by atoms with Crippen molar-refractivity contribution < 1.29 is 5.11 Å². The van der Waals surface area contributed by atoms with Gasteiger partial charge in [0, 0.05) is 18.9 Å². The Morgan fingerprint density at radius 2 is 1.73 bits per heavy atom. The van der Waals surface area contributed by atoms with Crippen LogP contribution in [0, 0.1) is 0 Å². The molecular weight excluding hydrogens is 188 g/mol. The number of aromatic nitrogens is 2. The standard InChI is InChI=1S/C12H22N2O/c1-6-8(3)10-12(15)11(9(4)7-2)14(5)13-10/h8-9,15H,6-7H2,1-5H3. The Labute approximate surface area is 92.1 Å². The van der Waals surface area contributed by atoms with E-state index in [0.29, 0.717) is 17.6 Å². The van der Waals surface area contributed by atoms with Gasteiger partial charge in [-0.25, -0.2) is 0 Å². The van der Waals surface area contributed by atoms with E-state index in [-0.39, 0.29) is 0 Å². The van der Waals surface area contributed by atoms with Crippen molar-refractivity contribution in [2.24, 2.45) is 7.05 Å². The molecule has 0 aliphatic heterocycles. The minimum atomic E-state index is 0.328. The quantitative estimate of drug-likeness (QED) is 0.829. The van der Waals surface area contributed by atoms with Crippen LogP contribution in [0.2, 0.25) is 0 Å². The highest BCUT2D eigenvalue weighted by Crippen LogP contribution is 2.34. The van der Waals surface area contributed by atoms with E-state index in [0.717, 1.165) is 24.2 Å². The van der Waals surface area contributed by atoms with Gasteiger partial charge in [-0.2, -0.15) is 5.10 Å². The van der Waals surface area contributed by atoms with Crippen molar-refractivity contribution in [3.63, 3.8) is 0 Å². The molecule has 0 saturated carbocycles. The highest BCUT2D eigenvalue weighted by atomic mass is 16.3. The van der Waals surface area contributed by atoms with Crippen molar-refractivity contribution >= 4 is 0 Å². The largest absolute Gasteiger partial charge is 0.504 e. The van der Waals surface area contributed by atoms with Crippen molar-refractivity contribution in [1.82, 2.24) is 9.78 Å². The topological polar surface area (TPSA) is 38.0 Å². The summed E-state index contributed by atoms with van der Waals surface area (Å²) in [6.45, 7) is 8.46. The summed E-state index contributed by atoms with van der Waals surface area (Å²) in [5.41, 5.74) is 1.81. The molecule has 0 aromatic carbocycles.